The maximum Gasteiger partial charge on any atom is 0.193 e. The Morgan fingerprint density at radius 2 is 2.10 bits per heavy atom. The molecule has 0 aliphatic rings. The second kappa shape index (κ2) is 6.36. The molecule has 2 aromatic heterocycles. The van der Waals surface area contributed by atoms with Crippen molar-refractivity contribution in [2.75, 3.05) is 6.54 Å². The van der Waals surface area contributed by atoms with Crippen LogP contribution in [0.1, 0.15) is 24.2 Å². The third-order valence-corrected chi connectivity index (χ3v) is 4.79. The van der Waals surface area contributed by atoms with Crippen molar-refractivity contribution >= 4 is 39.5 Å². The van der Waals surface area contributed by atoms with E-state index in [1.54, 1.807) is 11.3 Å². The monoisotopic (exact) mass is 339 g/mol. The highest BCUT2D eigenvalue weighted by molar-refractivity contribution is 7.15. The van der Waals surface area contributed by atoms with E-state index in [4.69, 9.17) is 23.2 Å². The highest BCUT2D eigenvalue weighted by Gasteiger charge is 2.19. The SMILES string of the molecule is CCNC(Cc1cn2ccsc2n1)c1c(Cl)cccc1Cl. The quantitative estimate of drug-likeness (QED) is 0.736. The van der Waals surface area contributed by atoms with Crippen LogP contribution in [0, 0.1) is 0 Å². The first-order valence-corrected chi connectivity index (χ1v) is 8.41. The zero-order valence-corrected chi connectivity index (χ0v) is 13.8. The topological polar surface area (TPSA) is 29.3 Å². The molecule has 3 nitrogen and oxygen atoms in total. The Hall–Kier alpha value is -1.07. The molecule has 3 aromatic rings. The molecule has 1 atom stereocenters. The first-order chi connectivity index (χ1) is 10.2. The van der Waals surface area contributed by atoms with Crippen LogP contribution in [0.3, 0.4) is 0 Å². The van der Waals surface area contributed by atoms with E-state index in [0.29, 0.717) is 10.0 Å². The molecule has 2 heterocycles. The number of imidazole rings is 1. The van der Waals surface area contributed by atoms with Crippen LogP contribution in [-0.2, 0) is 6.42 Å². The number of halogens is 2. The Balaban J connectivity index is 1.92. The first-order valence-electron chi connectivity index (χ1n) is 6.77. The lowest BCUT2D eigenvalue weighted by Gasteiger charge is -2.20. The van der Waals surface area contributed by atoms with Crippen molar-refractivity contribution in [3.05, 3.63) is 57.3 Å². The molecule has 1 N–H and O–H groups in total. The van der Waals surface area contributed by atoms with E-state index in [1.807, 2.05) is 34.2 Å². The summed E-state index contributed by atoms with van der Waals surface area (Å²) in [4.78, 5) is 5.64. The van der Waals surface area contributed by atoms with Gasteiger partial charge in [0.1, 0.15) is 0 Å². The molecular weight excluding hydrogens is 325 g/mol. The highest BCUT2D eigenvalue weighted by Crippen LogP contribution is 2.32. The third kappa shape index (κ3) is 3.09. The number of hydrogen-bond donors (Lipinski definition) is 1. The van der Waals surface area contributed by atoms with Crippen LogP contribution in [0.2, 0.25) is 10.0 Å². The Kier molecular flexibility index (Phi) is 4.50. The standard InChI is InChI=1S/C15H15Cl2N3S/c1-2-18-13(14-11(16)4-3-5-12(14)17)8-10-9-20-6-7-21-15(20)19-10/h3-7,9,13,18H,2,8H2,1H3. The van der Waals surface area contributed by atoms with Crippen molar-refractivity contribution < 1.29 is 0 Å². The number of aromatic nitrogens is 2. The molecule has 3 rings (SSSR count). The van der Waals surface area contributed by atoms with Crippen LogP contribution >= 0.6 is 34.5 Å². The lowest BCUT2D eigenvalue weighted by atomic mass is 10.0. The van der Waals surface area contributed by atoms with Crippen LogP contribution in [0.25, 0.3) is 4.96 Å². The molecule has 0 saturated heterocycles. The van der Waals surface area contributed by atoms with Crippen molar-refractivity contribution in [3.8, 4) is 0 Å². The average Bonchev–Trinajstić information content (AvgIpc) is 2.99. The predicted octanol–water partition coefficient (Wildman–Crippen LogP) is 4.60. The van der Waals surface area contributed by atoms with Gasteiger partial charge in [-0.2, -0.15) is 0 Å². The molecular formula is C15H15Cl2N3S. The molecule has 1 unspecified atom stereocenters. The van der Waals surface area contributed by atoms with Crippen LogP contribution in [0.4, 0.5) is 0 Å². The van der Waals surface area contributed by atoms with Gasteiger partial charge in [0.15, 0.2) is 4.96 Å². The Morgan fingerprint density at radius 3 is 2.76 bits per heavy atom. The van der Waals surface area contributed by atoms with Gasteiger partial charge in [0.05, 0.1) is 5.69 Å². The molecule has 110 valence electrons. The molecule has 0 aliphatic heterocycles. The fourth-order valence-electron chi connectivity index (χ4n) is 2.45. The van der Waals surface area contributed by atoms with Crippen molar-refractivity contribution in [1.29, 1.82) is 0 Å². The maximum absolute atomic E-state index is 6.34. The minimum atomic E-state index is 0.0563. The summed E-state index contributed by atoms with van der Waals surface area (Å²) in [5.74, 6) is 0. The van der Waals surface area contributed by atoms with Crippen LogP contribution in [0.5, 0.6) is 0 Å². The molecule has 0 bridgehead atoms. The minimum absolute atomic E-state index is 0.0563. The van der Waals surface area contributed by atoms with Crippen molar-refractivity contribution in [2.45, 2.75) is 19.4 Å². The van der Waals surface area contributed by atoms with Gasteiger partial charge < -0.3 is 5.32 Å². The van der Waals surface area contributed by atoms with Gasteiger partial charge in [0.25, 0.3) is 0 Å². The van der Waals surface area contributed by atoms with E-state index in [0.717, 1.165) is 29.2 Å². The van der Waals surface area contributed by atoms with Gasteiger partial charge in [0, 0.05) is 45.8 Å². The van der Waals surface area contributed by atoms with Gasteiger partial charge in [-0.05, 0) is 18.7 Å². The van der Waals surface area contributed by atoms with Crippen molar-refractivity contribution in [1.82, 2.24) is 14.7 Å². The normalized spacial score (nSPS) is 12.9. The third-order valence-electron chi connectivity index (χ3n) is 3.36. The average molecular weight is 340 g/mol. The van der Waals surface area contributed by atoms with E-state index in [1.165, 1.54) is 0 Å². The number of nitrogens with zero attached hydrogens (tertiary/aromatic N) is 2. The molecule has 6 heteroatoms. The van der Waals surface area contributed by atoms with Gasteiger partial charge in [0.2, 0.25) is 0 Å². The van der Waals surface area contributed by atoms with Crippen molar-refractivity contribution in [3.63, 3.8) is 0 Å². The number of likely N-dealkylation sites (N-methyl/N-ethyl adjacent to an activating group) is 1. The van der Waals surface area contributed by atoms with Gasteiger partial charge in [-0.25, -0.2) is 4.98 Å². The largest absolute Gasteiger partial charge is 0.310 e. The fraction of sp³-hybridized carbons (Fsp3) is 0.267. The molecule has 1 aromatic carbocycles. The molecule has 0 amide bonds. The number of rotatable bonds is 5. The number of hydrogen-bond acceptors (Lipinski definition) is 3. The van der Waals surface area contributed by atoms with Crippen LogP contribution in [0.15, 0.2) is 36.0 Å². The number of benzene rings is 1. The van der Waals surface area contributed by atoms with Crippen molar-refractivity contribution in [2.24, 2.45) is 0 Å². The number of thiazole rings is 1. The fourth-order valence-corrected chi connectivity index (χ4v) is 3.83. The summed E-state index contributed by atoms with van der Waals surface area (Å²) in [6.45, 7) is 2.91. The predicted molar refractivity (Wildman–Crippen MR) is 89.7 cm³/mol. The summed E-state index contributed by atoms with van der Waals surface area (Å²) in [6, 6.07) is 5.67. The molecule has 0 spiro atoms. The summed E-state index contributed by atoms with van der Waals surface area (Å²) in [5.41, 5.74) is 1.97. The van der Waals surface area contributed by atoms with E-state index >= 15 is 0 Å². The zero-order valence-electron chi connectivity index (χ0n) is 11.5. The Bertz CT molecular complexity index is 702. The maximum atomic E-state index is 6.34. The minimum Gasteiger partial charge on any atom is -0.310 e. The molecule has 0 saturated carbocycles. The second-order valence-electron chi connectivity index (χ2n) is 4.77. The Labute approximate surface area is 137 Å². The molecule has 0 fully saturated rings. The smallest absolute Gasteiger partial charge is 0.193 e. The van der Waals surface area contributed by atoms with E-state index in [9.17, 15) is 0 Å². The van der Waals surface area contributed by atoms with Crippen LogP contribution in [-0.4, -0.2) is 15.9 Å². The lowest BCUT2D eigenvalue weighted by Crippen LogP contribution is -2.23. The summed E-state index contributed by atoms with van der Waals surface area (Å²) < 4.78 is 2.04. The van der Waals surface area contributed by atoms with Gasteiger partial charge in [-0.3, -0.25) is 4.40 Å². The van der Waals surface area contributed by atoms with Gasteiger partial charge in [-0.1, -0.05) is 36.2 Å². The highest BCUT2D eigenvalue weighted by atomic mass is 35.5. The summed E-state index contributed by atoms with van der Waals surface area (Å²) in [5, 5.41) is 6.86. The van der Waals surface area contributed by atoms with E-state index < -0.39 is 0 Å². The summed E-state index contributed by atoms with van der Waals surface area (Å²) in [6.07, 6.45) is 4.83. The summed E-state index contributed by atoms with van der Waals surface area (Å²) >= 11 is 14.3. The zero-order chi connectivity index (χ0) is 14.8. The van der Waals surface area contributed by atoms with Crippen LogP contribution < -0.4 is 5.32 Å². The Morgan fingerprint density at radius 1 is 1.33 bits per heavy atom. The first kappa shape index (κ1) is 14.9. The second-order valence-corrected chi connectivity index (χ2v) is 6.46. The van der Waals surface area contributed by atoms with Gasteiger partial charge in [-0.15, -0.1) is 11.3 Å². The van der Waals surface area contributed by atoms with Gasteiger partial charge >= 0.3 is 0 Å². The lowest BCUT2D eigenvalue weighted by molar-refractivity contribution is 0.545. The molecule has 0 radical (unpaired) electrons. The number of fused-ring (bicyclic) bond motifs is 1. The van der Waals surface area contributed by atoms with E-state index in [-0.39, 0.29) is 6.04 Å². The molecule has 0 aliphatic carbocycles. The summed E-state index contributed by atoms with van der Waals surface area (Å²) in [7, 11) is 0. The number of nitrogens with one attached hydrogen (secondary N) is 1. The van der Waals surface area contributed by atoms with E-state index in [2.05, 4.69) is 23.4 Å². The molecule has 21 heavy (non-hydrogen) atoms.